The molecule has 0 spiro atoms. The fraction of sp³-hybridized carbons (Fsp3) is 0.167. The molecule has 0 saturated carbocycles. The molecule has 0 aliphatic carbocycles. The highest BCUT2D eigenvalue weighted by Gasteiger charge is 2.37. The third-order valence-electron chi connectivity index (χ3n) is 5.14. The van der Waals surface area contributed by atoms with Crippen molar-refractivity contribution in [3.8, 4) is 33.3 Å². The van der Waals surface area contributed by atoms with E-state index in [4.69, 9.17) is 26.8 Å². The Balaban J connectivity index is 1.82. The second-order valence-corrected chi connectivity index (χ2v) is 9.14. The molecule has 2 aromatic heterocycles. The average molecular weight is 553 g/mol. The quantitative estimate of drug-likeness (QED) is 0.279. The number of hydrogen-bond donors (Lipinski definition) is 1. The van der Waals surface area contributed by atoms with Crippen LogP contribution in [0.1, 0.15) is 26.6 Å². The maximum absolute atomic E-state index is 15.3. The summed E-state index contributed by atoms with van der Waals surface area (Å²) >= 11 is 6.89. The van der Waals surface area contributed by atoms with Crippen molar-refractivity contribution < 1.29 is 31.8 Å². The van der Waals surface area contributed by atoms with Gasteiger partial charge in [0.05, 0.1) is 23.8 Å². The van der Waals surface area contributed by atoms with E-state index in [0.29, 0.717) is 21.8 Å². The minimum absolute atomic E-state index is 0.0277. The van der Waals surface area contributed by atoms with Gasteiger partial charge in [-0.25, -0.2) is 9.37 Å². The normalized spacial score (nSPS) is 11.4. The number of ether oxygens (including phenoxy) is 2. The van der Waals surface area contributed by atoms with E-state index < -0.39 is 29.0 Å². The lowest BCUT2D eigenvalue weighted by atomic mass is 9.94. The molecular formula is C24H17ClF4N4O3S. The number of aromatic nitrogens is 3. The number of aryl methyl sites for hydroxylation is 1. The number of halogens is 5. The molecule has 0 atom stereocenters. The highest BCUT2D eigenvalue weighted by Crippen LogP contribution is 2.43. The van der Waals surface area contributed by atoms with Crippen molar-refractivity contribution in [1.29, 1.82) is 0 Å². The van der Waals surface area contributed by atoms with E-state index in [0.717, 1.165) is 17.4 Å². The summed E-state index contributed by atoms with van der Waals surface area (Å²) in [6.07, 6.45) is -4.99. The molecule has 2 heterocycles. The molecule has 0 aliphatic heterocycles. The van der Waals surface area contributed by atoms with Gasteiger partial charge in [-0.05, 0) is 49.4 Å². The SMILES string of the molecule is COc1ccc(C(F)(F)F)c(F)c1-c1cc(C)nc(-c2nnc(COc3ccc(Cl)cc3)s2)c1C(N)=O. The van der Waals surface area contributed by atoms with Crippen LogP contribution in [0.4, 0.5) is 17.6 Å². The molecular weight excluding hydrogens is 536 g/mol. The van der Waals surface area contributed by atoms with Crippen LogP contribution in [0, 0.1) is 12.7 Å². The van der Waals surface area contributed by atoms with Crippen molar-refractivity contribution in [2.24, 2.45) is 5.73 Å². The second kappa shape index (κ2) is 10.3. The van der Waals surface area contributed by atoms with Crippen LogP contribution < -0.4 is 15.2 Å². The summed E-state index contributed by atoms with van der Waals surface area (Å²) in [7, 11) is 1.17. The Hall–Kier alpha value is -3.77. The third kappa shape index (κ3) is 5.49. The highest BCUT2D eigenvalue weighted by molar-refractivity contribution is 7.14. The predicted molar refractivity (Wildman–Crippen MR) is 129 cm³/mol. The minimum Gasteiger partial charge on any atom is -0.496 e. The van der Waals surface area contributed by atoms with E-state index in [1.807, 2.05) is 0 Å². The van der Waals surface area contributed by atoms with E-state index in [1.165, 1.54) is 20.1 Å². The number of methoxy groups -OCH3 is 1. The van der Waals surface area contributed by atoms with Gasteiger partial charge in [-0.15, -0.1) is 10.2 Å². The van der Waals surface area contributed by atoms with Gasteiger partial charge in [0.25, 0.3) is 5.91 Å². The molecule has 4 aromatic rings. The Morgan fingerprint density at radius 3 is 2.46 bits per heavy atom. The summed E-state index contributed by atoms with van der Waals surface area (Å²) in [4.78, 5) is 16.9. The zero-order valence-electron chi connectivity index (χ0n) is 19.2. The Morgan fingerprint density at radius 2 is 1.84 bits per heavy atom. The zero-order valence-corrected chi connectivity index (χ0v) is 20.8. The minimum atomic E-state index is -4.99. The summed E-state index contributed by atoms with van der Waals surface area (Å²) in [5.41, 5.74) is 3.18. The summed E-state index contributed by atoms with van der Waals surface area (Å²) < 4.78 is 66.4. The number of hydrogen-bond acceptors (Lipinski definition) is 7. The highest BCUT2D eigenvalue weighted by atomic mass is 35.5. The van der Waals surface area contributed by atoms with Crippen LogP contribution in [0.3, 0.4) is 0 Å². The number of amides is 1. The van der Waals surface area contributed by atoms with Crippen molar-refractivity contribution in [3.63, 3.8) is 0 Å². The number of carbonyl (C=O) groups is 1. The monoisotopic (exact) mass is 552 g/mol. The van der Waals surface area contributed by atoms with Crippen molar-refractivity contribution in [2.45, 2.75) is 19.7 Å². The maximum atomic E-state index is 15.3. The standard InChI is InChI=1S/C24H17ClF4N4O3S/c1-11-9-14(18-16(35-2)8-7-15(20(18)26)24(27,28)29)19(22(30)34)21(31-11)23-33-32-17(37-23)10-36-13-5-3-12(25)4-6-13/h3-9H,10H2,1-2H3,(H2,30,34). The summed E-state index contributed by atoms with van der Waals surface area (Å²) in [5.74, 6) is -2.35. The molecule has 37 heavy (non-hydrogen) atoms. The van der Waals surface area contributed by atoms with Gasteiger partial charge < -0.3 is 15.2 Å². The van der Waals surface area contributed by atoms with Gasteiger partial charge in [0.15, 0.2) is 10.0 Å². The molecule has 0 aliphatic rings. The van der Waals surface area contributed by atoms with E-state index >= 15 is 4.39 Å². The molecule has 13 heteroatoms. The largest absolute Gasteiger partial charge is 0.496 e. The van der Waals surface area contributed by atoms with Crippen LogP contribution in [0.15, 0.2) is 42.5 Å². The van der Waals surface area contributed by atoms with E-state index in [-0.39, 0.29) is 39.9 Å². The zero-order chi connectivity index (χ0) is 26.9. The van der Waals surface area contributed by atoms with Crippen LogP contribution in [-0.4, -0.2) is 28.2 Å². The molecule has 0 bridgehead atoms. The predicted octanol–water partition coefficient (Wildman–Crippen LogP) is 6.07. The number of carbonyl (C=O) groups excluding carboxylic acids is 1. The first-order valence-electron chi connectivity index (χ1n) is 10.5. The topological polar surface area (TPSA) is 100 Å². The fourth-order valence-corrected chi connectivity index (χ4v) is 4.43. The molecule has 2 aromatic carbocycles. The van der Waals surface area contributed by atoms with Crippen molar-refractivity contribution in [1.82, 2.24) is 15.2 Å². The Kier molecular flexibility index (Phi) is 7.32. The number of alkyl halides is 3. The lowest BCUT2D eigenvalue weighted by Crippen LogP contribution is -2.17. The number of nitrogens with zero attached hydrogens (tertiary/aromatic N) is 3. The van der Waals surface area contributed by atoms with Gasteiger partial charge in [-0.3, -0.25) is 4.79 Å². The number of rotatable bonds is 7. The van der Waals surface area contributed by atoms with Crippen LogP contribution in [-0.2, 0) is 12.8 Å². The first-order valence-corrected chi connectivity index (χ1v) is 11.7. The van der Waals surface area contributed by atoms with Crippen molar-refractivity contribution >= 4 is 28.8 Å². The van der Waals surface area contributed by atoms with Crippen LogP contribution in [0.2, 0.25) is 5.02 Å². The lowest BCUT2D eigenvalue weighted by molar-refractivity contribution is -0.139. The number of nitrogens with two attached hydrogens (primary N) is 1. The Morgan fingerprint density at radius 1 is 1.14 bits per heavy atom. The molecule has 0 radical (unpaired) electrons. The van der Waals surface area contributed by atoms with Gasteiger partial charge in [-0.2, -0.15) is 13.2 Å². The molecule has 4 rings (SSSR count). The molecule has 1 amide bonds. The lowest BCUT2D eigenvalue weighted by Gasteiger charge is -2.18. The average Bonchev–Trinajstić information content (AvgIpc) is 3.31. The van der Waals surface area contributed by atoms with Crippen LogP contribution in [0.5, 0.6) is 11.5 Å². The summed E-state index contributed by atoms with van der Waals surface area (Å²) in [6.45, 7) is 1.56. The van der Waals surface area contributed by atoms with Crippen molar-refractivity contribution in [3.05, 3.63) is 75.1 Å². The Bertz CT molecular complexity index is 1480. The Labute approximate surface area is 216 Å². The smallest absolute Gasteiger partial charge is 0.419 e. The van der Waals surface area contributed by atoms with Gasteiger partial charge in [-0.1, -0.05) is 22.9 Å². The molecule has 0 fully saturated rings. The molecule has 7 nitrogen and oxygen atoms in total. The van der Waals surface area contributed by atoms with Gasteiger partial charge in [0.2, 0.25) is 0 Å². The summed E-state index contributed by atoms with van der Waals surface area (Å²) in [5, 5.41) is 9.17. The van der Waals surface area contributed by atoms with Gasteiger partial charge in [0, 0.05) is 16.3 Å². The first kappa shape index (κ1) is 26.3. The maximum Gasteiger partial charge on any atom is 0.419 e. The van der Waals surface area contributed by atoms with E-state index in [9.17, 15) is 18.0 Å². The van der Waals surface area contributed by atoms with E-state index in [2.05, 4.69) is 15.2 Å². The van der Waals surface area contributed by atoms with Crippen molar-refractivity contribution in [2.75, 3.05) is 7.11 Å². The molecule has 2 N–H and O–H groups in total. The van der Waals surface area contributed by atoms with E-state index in [1.54, 1.807) is 24.3 Å². The van der Waals surface area contributed by atoms with Gasteiger partial charge in [0.1, 0.15) is 29.6 Å². The molecule has 0 saturated heterocycles. The fourth-order valence-electron chi connectivity index (χ4n) is 3.56. The number of primary amides is 1. The third-order valence-corrected chi connectivity index (χ3v) is 6.29. The number of pyridine rings is 1. The van der Waals surface area contributed by atoms with Crippen LogP contribution in [0.25, 0.3) is 21.8 Å². The molecule has 192 valence electrons. The summed E-state index contributed by atoms with van der Waals surface area (Å²) in [6, 6.07) is 9.44. The second-order valence-electron chi connectivity index (χ2n) is 7.64. The van der Waals surface area contributed by atoms with Gasteiger partial charge >= 0.3 is 6.18 Å². The number of benzene rings is 2. The molecule has 0 unspecified atom stereocenters. The van der Waals surface area contributed by atoms with Crippen LogP contribution >= 0.6 is 22.9 Å². The first-order chi connectivity index (χ1) is 17.5.